The van der Waals surface area contributed by atoms with Gasteiger partial charge in [-0.05, 0) is 38.8 Å². The van der Waals surface area contributed by atoms with E-state index in [2.05, 4.69) is 4.98 Å². The third kappa shape index (κ3) is 1.02. The first kappa shape index (κ1) is 9.06. The Hall–Kier alpha value is -1.51. The van der Waals surface area contributed by atoms with Gasteiger partial charge in [-0.3, -0.25) is 9.20 Å². The Morgan fingerprint density at radius 1 is 1.14 bits per heavy atom. The summed E-state index contributed by atoms with van der Waals surface area (Å²) in [6.45, 7) is 7.81. The number of nitrogens with one attached hydrogen (secondary N) is 1. The third-order valence-electron chi connectivity index (χ3n) is 2.92. The lowest BCUT2D eigenvalue weighted by Crippen LogP contribution is -2.17. The molecule has 14 heavy (non-hydrogen) atoms. The molecule has 0 radical (unpaired) electrons. The van der Waals surface area contributed by atoms with E-state index in [4.69, 9.17) is 0 Å². The van der Waals surface area contributed by atoms with Crippen LogP contribution in [-0.2, 0) is 0 Å². The maximum absolute atomic E-state index is 11.9. The minimum absolute atomic E-state index is 0.0763. The number of aryl methyl sites for hydroxylation is 3. The number of fused-ring (bicyclic) bond motifs is 1. The molecule has 74 valence electrons. The molecule has 0 unspecified atom stereocenters. The maximum atomic E-state index is 11.9. The number of H-pyrrole nitrogens is 1. The summed E-state index contributed by atoms with van der Waals surface area (Å²) in [7, 11) is 0. The van der Waals surface area contributed by atoms with Crippen LogP contribution in [-0.4, -0.2) is 9.38 Å². The monoisotopic (exact) mass is 190 g/mol. The van der Waals surface area contributed by atoms with Crippen molar-refractivity contribution in [3.63, 3.8) is 0 Å². The van der Waals surface area contributed by atoms with E-state index in [9.17, 15) is 4.79 Å². The number of hydrogen-bond donors (Lipinski definition) is 1. The highest BCUT2D eigenvalue weighted by molar-refractivity contribution is 5.53. The van der Waals surface area contributed by atoms with E-state index in [1.165, 1.54) is 0 Å². The van der Waals surface area contributed by atoms with Crippen LogP contribution in [0, 0.1) is 27.7 Å². The molecule has 2 aromatic heterocycles. The summed E-state index contributed by atoms with van der Waals surface area (Å²) in [6, 6.07) is 0. The van der Waals surface area contributed by atoms with Gasteiger partial charge >= 0.3 is 0 Å². The van der Waals surface area contributed by atoms with Gasteiger partial charge in [0, 0.05) is 17.5 Å². The van der Waals surface area contributed by atoms with Crippen LogP contribution in [0.4, 0.5) is 0 Å². The number of nitrogens with zero attached hydrogens (tertiary/aromatic N) is 1. The van der Waals surface area contributed by atoms with Gasteiger partial charge < -0.3 is 4.98 Å². The normalized spacial score (nSPS) is 11.1. The Labute approximate surface area is 82.4 Å². The SMILES string of the molecule is Cc1cn2c(=O)c(C)c(C)[nH]c2c1C. The first-order valence-corrected chi connectivity index (χ1v) is 4.70. The molecular formula is C11H14N2O. The number of aromatic amines is 1. The molecule has 1 N–H and O–H groups in total. The molecule has 0 amide bonds. The molecule has 0 aliphatic carbocycles. The highest BCUT2D eigenvalue weighted by Crippen LogP contribution is 2.13. The fraction of sp³-hybridized carbons (Fsp3) is 0.364. The minimum atomic E-state index is 0.0763. The highest BCUT2D eigenvalue weighted by Gasteiger charge is 2.08. The Balaban J connectivity index is 3.06. The second-order valence-electron chi connectivity index (χ2n) is 3.84. The zero-order chi connectivity index (χ0) is 10.5. The molecule has 3 heteroatoms. The maximum Gasteiger partial charge on any atom is 0.260 e. The van der Waals surface area contributed by atoms with Gasteiger partial charge in [0.1, 0.15) is 5.65 Å². The van der Waals surface area contributed by atoms with Crippen molar-refractivity contribution < 1.29 is 0 Å². The van der Waals surface area contributed by atoms with Gasteiger partial charge in [0.2, 0.25) is 0 Å². The molecule has 0 saturated heterocycles. The summed E-state index contributed by atoms with van der Waals surface area (Å²) in [5, 5.41) is 0. The number of rotatable bonds is 0. The van der Waals surface area contributed by atoms with Crippen molar-refractivity contribution in [1.82, 2.24) is 9.38 Å². The Kier molecular flexibility index (Phi) is 1.77. The van der Waals surface area contributed by atoms with E-state index >= 15 is 0 Å². The Morgan fingerprint density at radius 3 is 2.43 bits per heavy atom. The van der Waals surface area contributed by atoms with Crippen LogP contribution in [0.5, 0.6) is 0 Å². The molecule has 2 rings (SSSR count). The summed E-state index contributed by atoms with van der Waals surface area (Å²) in [5.74, 6) is 0. The quantitative estimate of drug-likeness (QED) is 0.676. The van der Waals surface area contributed by atoms with Crippen LogP contribution in [0.15, 0.2) is 11.0 Å². The van der Waals surface area contributed by atoms with Crippen molar-refractivity contribution in [2.75, 3.05) is 0 Å². The number of aromatic nitrogens is 2. The molecule has 0 fully saturated rings. The van der Waals surface area contributed by atoms with Crippen LogP contribution < -0.4 is 5.56 Å². The van der Waals surface area contributed by atoms with Crippen LogP contribution >= 0.6 is 0 Å². The lowest BCUT2D eigenvalue weighted by Gasteiger charge is -2.02. The van der Waals surface area contributed by atoms with Crippen molar-refractivity contribution in [2.45, 2.75) is 27.7 Å². The minimum Gasteiger partial charge on any atom is -0.344 e. The van der Waals surface area contributed by atoms with Crippen LogP contribution in [0.1, 0.15) is 22.4 Å². The zero-order valence-electron chi connectivity index (χ0n) is 8.93. The number of hydrogen-bond acceptors (Lipinski definition) is 1. The molecule has 0 aromatic carbocycles. The fourth-order valence-corrected chi connectivity index (χ4v) is 1.65. The van der Waals surface area contributed by atoms with Gasteiger partial charge in [0.05, 0.1) is 0 Å². The topological polar surface area (TPSA) is 37.3 Å². The van der Waals surface area contributed by atoms with Gasteiger partial charge in [-0.2, -0.15) is 0 Å². The molecule has 3 nitrogen and oxygen atoms in total. The average Bonchev–Trinajstić information content (AvgIpc) is 2.42. The first-order valence-electron chi connectivity index (χ1n) is 4.70. The zero-order valence-corrected chi connectivity index (χ0v) is 8.93. The Morgan fingerprint density at radius 2 is 1.79 bits per heavy atom. The lowest BCUT2D eigenvalue weighted by molar-refractivity contribution is 0.997. The Bertz CT molecular complexity index is 561. The van der Waals surface area contributed by atoms with Crippen molar-refractivity contribution in [1.29, 1.82) is 0 Å². The van der Waals surface area contributed by atoms with Crippen molar-refractivity contribution in [3.8, 4) is 0 Å². The van der Waals surface area contributed by atoms with E-state index < -0.39 is 0 Å². The van der Waals surface area contributed by atoms with Crippen molar-refractivity contribution in [3.05, 3.63) is 38.9 Å². The molecule has 2 aromatic rings. The second kappa shape index (κ2) is 2.74. The smallest absolute Gasteiger partial charge is 0.260 e. The largest absolute Gasteiger partial charge is 0.344 e. The molecule has 0 saturated carbocycles. The molecule has 0 aliphatic rings. The van der Waals surface area contributed by atoms with Gasteiger partial charge in [0.15, 0.2) is 0 Å². The lowest BCUT2D eigenvalue weighted by atomic mass is 10.2. The standard InChI is InChI=1S/C11H14N2O/c1-6-5-13-10(7(6)2)12-9(4)8(3)11(13)14/h5,12H,1-4H3. The van der Waals surface area contributed by atoms with Gasteiger partial charge in [0.25, 0.3) is 5.56 Å². The van der Waals surface area contributed by atoms with Crippen LogP contribution in [0.2, 0.25) is 0 Å². The summed E-state index contributed by atoms with van der Waals surface area (Å²) >= 11 is 0. The van der Waals surface area contributed by atoms with E-state index in [0.29, 0.717) is 0 Å². The summed E-state index contributed by atoms with van der Waals surface area (Å²) < 4.78 is 1.69. The predicted molar refractivity (Wildman–Crippen MR) is 57.0 cm³/mol. The fourth-order valence-electron chi connectivity index (χ4n) is 1.65. The summed E-state index contributed by atoms with van der Waals surface area (Å²) in [5.41, 5.74) is 5.01. The molecule has 0 aliphatic heterocycles. The molecule has 0 spiro atoms. The second-order valence-corrected chi connectivity index (χ2v) is 3.84. The van der Waals surface area contributed by atoms with E-state index in [0.717, 1.165) is 28.0 Å². The van der Waals surface area contributed by atoms with Crippen molar-refractivity contribution >= 4 is 5.65 Å². The van der Waals surface area contributed by atoms with Gasteiger partial charge in [-0.25, -0.2) is 0 Å². The first-order chi connectivity index (χ1) is 6.52. The van der Waals surface area contributed by atoms with Gasteiger partial charge in [-0.15, -0.1) is 0 Å². The molecule has 0 bridgehead atoms. The molecule has 0 atom stereocenters. The molecule has 2 heterocycles. The van der Waals surface area contributed by atoms with Crippen LogP contribution in [0.3, 0.4) is 0 Å². The van der Waals surface area contributed by atoms with E-state index in [1.807, 2.05) is 33.9 Å². The van der Waals surface area contributed by atoms with Gasteiger partial charge in [-0.1, -0.05) is 0 Å². The van der Waals surface area contributed by atoms with Crippen LogP contribution in [0.25, 0.3) is 5.65 Å². The predicted octanol–water partition coefficient (Wildman–Crippen LogP) is 1.86. The van der Waals surface area contributed by atoms with E-state index in [1.54, 1.807) is 4.40 Å². The van der Waals surface area contributed by atoms with Crippen molar-refractivity contribution in [2.24, 2.45) is 0 Å². The summed E-state index contributed by atoms with van der Waals surface area (Å²) in [6.07, 6.45) is 1.88. The highest BCUT2D eigenvalue weighted by atomic mass is 16.1. The third-order valence-corrected chi connectivity index (χ3v) is 2.92. The van der Waals surface area contributed by atoms with E-state index in [-0.39, 0.29) is 5.56 Å². The molecular weight excluding hydrogens is 176 g/mol. The summed E-state index contributed by atoms with van der Waals surface area (Å²) in [4.78, 5) is 15.1. The average molecular weight is 190 g/mol.